The van der Waals surface area contributed by atoms with Crippen LogP contribution in [0.25, 0.3) is 0 Å². The van der Waals surface area contributed by atoms with Crippen LogP contribution in [0.4, 0.5) is 0 Å². The lowest BCUT2D eigenvalue weighted by molar-refractivity contribution is 0.0455. The van der Waals surface area contributed by atoms with Crippen LogP contribution in [0.1, 0.15) is 40.0 Å². The van der Waals surface area contributed by atoms with Gasteiger partial charge in [0.05, 0.1) is 0 Å². The number of aliphatic hydroxyl groups is 1. The average Bonchev–Trinajstić information content (AvgIpc) is 2.52. The van der Waals surface area contributed by atoms with E-state index in [4.69, 9.17) is 5.73 Å². The number of hydrogen-bond acceptors (Lipinski definition) is 2. The molecule has 0 aromatic rings. The first-order valence-corrected chi connectivity index (χ1v) is 6.28. The topological polar surface area (TPSA) is 46.2 Å². The van der Waals surface area contributed by atoms with Crippen LogP contribution in [0, 0.1) is 28.6 Å². The van der Waals surface area contributed by atoms with E-state index in [0.717, 1.165) is 5.92 Å². The molecule has 0 unspecified atom stereocenters. The lowest BCUT2D eigenvalue weighted by Gasteiger charge is -2.42. The first-order chi connectivity index (χ1) is 6.97. The van der Waals surface area contributed by atoms with Crippen molar-refractivity contribution >= 4 is 0 Å². The van der Waals surface area contributed by atoms with Gasteiger partial charge in [-0.15, -0.1) is 0 Å². The Bertz CT molecular complexity index is 247. The zero-order valence-electron chi connectivity index (χ0n) is 10.3. The quantitative estimate of drug-likeness (QED) is 0.750. The average molecular weight is 211 g/mol. The molecule has 2 aliphatic carbocycles. The van der Waals surface area contributed by atoms with Crippen LogP contribution in [0.2, 0.25) is 0 Å². The Morgan fingerprint density at radius 1 is 1.40 bits per heavy atom. The van der Waals surface area contributed by atoms with Crippen molar-refractivity contribution in [2.24, 2.45) is 34.3 Å². The SMILES string of the molecule is CC1(C)[C@H]2CC[C@]1(C)[C@@H]([C@@H](CN)CO)C2. The molecule has 0 amide bonds. The van der Waals surface area contributed by atoms with E-state index >= 15 is 0 Å². The summed E-state index contributed by atoms with van der Waals surface area (Å²) < 4.78 is 0. The molecule has 2 rings (SSSR count). The molecule has 4 atom stereocenters. The molecule has 0 radical (unpaired) electrons. The minimum Gasteiger partial charge on any atom is -0.396 e. The van der Waals surface area contributed by atoms with Gasteiger partial charge in [-0.05, 0) is 54.4 Å². The summed E-state index contributed by atoms with van der Waals surface area (Å²) in [5.41, 5.74) is 6.63. The molecule has 0 heterocycles. The lowest BCUT2D eigenvalue weighted by atomic mass is 9.63. The van der Waals surface area contributed by atoms with E-state index in [9.17, 15) is 5.11 Å². The van der Waals surface area contributed by atoms with Crippen molar-refractivity contribution in [3.63, 3.8) is 0 Å². The molecule has 0 aliphatic heterocycles. The molecular weight excluding hydrogens is 186 g/mol. The second kappa shape index (κ2) is 3.46. The van der Waals surface area contributed by atoms with Gasteiger partial charge in [-0.3, -0.25) is 0 Å². The zero-order valence-corrected chi connectivity index (χ0v) is 10.3. The van der Waals surface area contributed by atoms with E-state index in [2.05, 4.69) is 20.8 Å². The normalized spacial score (nSPS) is 44.6. The first kappa shape index (κ1) is 11.4. The minimum atomic E-state index is 0.263. The molecule has 2 fully saturated rings. The van der Waals surface area contributed by atoms with Gasteiger partial charge >= 0.3 is 0 Å². The number of hydrogen-bond donors (Lipinski definition) is 2. The fourth-order valence-corrected chi connectivity index (χ4v) is 4.34. The van der Waals surface area contributed by atoms with Crippen molar-refractivity contribution in [3.05, 3.63) is 0 Å². The molecule has 2 heteroatoms. The zero-order chi connectivity index (χ0) is 11.3. The summed E-state index contributed by atoms with van der Waals surface area (Å²) in [6.45, 7) is 8.15. The Labute approximate surface area is 93.2 Å². The molecule has 0 aromatic carbocycles. The van der Waals surface area contributed by atoms with Crippen LogP contribution in [0.5, 0.6) is 0 Å². The molecular formula is C13H25NO. The van der Waals surface area contributed by atoms with Gasteiger partial charge < -0.3 is 10.8 Å². The predicted octanol–water partition coefficient (Wildman–Crippen LogP) is 2.02. The Morgan fingerprint density at radius 3 is 2.40 bits per heavy atom. The van der Waals surface area contributed by atoms with E-state index in [1.807, 2.05) is 0 Å². The second-order valence-corrected chi connectivity index (χ2v) is 6.40. The fourth-order valence-electron chi connectivity index (χ4n) is 4.34. The van der Waals surface area contributed by atoms with Crippen molar-refractivity contribution in [1.29, 1.82) is 0 Å². The number of fused-ring (bicyclic) bond motifs is 2. The summed E-state index contributed by atoms with van der Waals surface area (Å²) in [6.07, 6.45) is 3.99. The molecule has 2 nitrogen and oxygen atoms in total. The highest BCUT2D eigenvalue weighted by molar-refractivity contribution is 5.11. The van der Waals surface area contributed by atoms with Crippen LogP contribution in [0.3, 0.4) is 0 Å². The Kier molecular flexibility index (Phi) is 2.63. The maximum absolute atomic E-state index is 9.42. The van der Waals surface area contributed by atoms with Crippen molar-refractivity contribution in [2.75, 3.05) is 13.2 Å². The van der Waals surface area contributed by atoms with Gasteiger partial charge in [-0.2, -0.15) is 0 Å². The van der Waals surface area contributed by atoms with Gasteiger partial charge in [0, 0.05) is 6.61 Å². The van der Waals surface area contributed by atoms with E-state index in [1.165, 1.54) is 19.3 Å². The Morgan fingerprint density at radius 2 is 2.07 bits per heavy atom. The molecule has 3 N–H and O–H groups in total. The largest absolute Gasteiger partial charge is 0.396 e. The molecule has 0 saturated heterocycles. The highest BCUT2D eigenvalue weighted by atomic mass is 16.3. The molecule has 2 aliphatic rings. The van der Waals surface area contributed by atoms with Crippen molar-refractivity contribution < 1.29 is 5.11 Å². The second-order valence-electron chi connectivity index (χ2n) is 6.40. The third-order valence-electron chi connectivity index (χ3n) is 5.97. The van der Waals surface area contributed by atoms with E-state index in [0.29, 0.717) is 29.2 Å². The van der Waals surface area contributed by atoms with Crippen LogP contribution in [-0.2, 0) is 0 Å². The third-order valence-corrected chi connectivity index (χ3v) is 5.97. The molecule has 15 heavy (non-hydrogen) atoms. The third kappa shape index (κ3) is 1.31. The van der Waals surface area contributed by atoms with Crippen molar-refractivity contribution in [2.45, 2.75) is 40.0 Å². The van der Waals surface area contributed by atoms with E-state index in [-0.39, 0.29) is 6.61 Å². The van der Waals surface area contributed by atoms with Crippen molar-refractivity contribution in [3.8, 4) is 0 Å². The summed E-state index contributed by atoms with van der Waals surface area (Å²) in [7, 11) is 0. The summed E-state index contributed by atoms with van der Waals surface area (Å²) in [5.74, 6) is 1.81. The van der Waals surface area contributed by atoms with Gasteiger partial charge in [-0.1, -0.05) is 20.8 Å². The lowest BCUT2D eigenvalue weighted by Crippen LogP contribution is -2.39. The molecule has 0 spiro atoms. The van der Waals surface area contributed by atoms with Gasteiger partial charge in [-0.25, -0.2) is 0 Å². The summed E-state index contributed by atoms with van der Waals surface area (Å²) in [6, 6.07) is 0. The predicted molar refractivity (Wildman–Crippen MR) is 62.3 cm³/mol. The summed E-state index contributed by atoms with van der Waals surface area (Å²) in [5, 5.41) is 9.42. The summed E-state index contributed by atoms with van der Waals surface area (Å²) >= 11 is 0. The van der Waals surface area contributed by atoms with Crippen LogP contribution in [-0.4, -0.2) is 18.3 Å². The van der Waals surface area contributed by atoms with Crippen LogP contribution >= 0.6 is 0 Å². The molecule has 88 valence electrons. The maximum Gasteiger partial charge on any atom is 0.0474 e. The summed E-state index contributed by atoms with van der Waals surface area (Å²) in [4.78, 5) is 0. The number of rotatable bonds is 3. The minimum absolute atomic E-state index is 0.263. The molecule has 0 aromatic heterocycles. The van der Waals surface area contributed by atoms with E-state index < -0.39 is 0 Å². The number of nitrogens with two attached hydrogens (primary N) is 1. The highest BCUT2D eigenvalue weighted by Crippen LogP contribution is 2.69. The van der Waals surface area contributed by atoms with Crippen LogP contribution < -0.4 is 5.73 Å². The smallest absolute Gasteiger partial charge is 0.0474 e. The standard InChI is InChI=1S/C13H25NO/c1-12(2)10-4-5-13(12,3)11(6-10)9(7-14)8-15/h9-11,15H,4-8,14H2,1-3H3/t9-,10-,11+,13+/m0/s1. The van der Waals surface area contributed by atoms with Gasteiger partial charge in [0.1, 0.15) is 0 Å². The molecule has 2 bridgehead atoms. The van der Waals surface area contributed by atoms with Gasteiger partial charge in [0.15, 0.2) is 0 Å². The Balaban J connectivity index is 2.25. The highest BCUT2D eigenvalue weighted by Gasteiger charge is 2.62. The van der Waals surface area contributed by atoms with E-state index in [1.54, 1.807) is 0 Å². The first-order valence-electron chi connectivity index (χ1n) is 6.28. The maximum atomic E-state index is 9.42. The van der Waals surface area contributed by atoms with Gasteiger partial charge in [0.2, 0.25) is 0 Å². The molecule has 2 saturated carbocycles. The fraction of sp³-hybridized carbons (Fsp3) is 1.00. The Hall–Kier alpha value is -0.0800. The monoisotopic (exact) mass is 211 g/mol. The number of aliphatic hydroxyl groups excluding tert-OH is 1. The van der Waals surface area contributed by atoms with Gasteiger partial charge in [0.25, 0.3) is 0 Å². The van der Waals surface area contributed by atoms with Crippen molar-refractivity contribution in [1.82, 2.24) is 0 Å². The van der Waals surface area contributed by atoms with Crippen LogP contribution in [0.15, 0.2) is 0 Å².